The summed E-state index contributed by atoms with van der Waals surface area (Å²) < 4.78 is 0. The average molecular weight is 321 g/mol. The van der Waals surface area contributed by atoms with Crippen molar-refractivity contribution in [1.82, 2.24) is 0 Å². The van der Waals surface area contributed by atoms with Crippen LogP contribution in [0.5, 0.6) is 0 Å². The minimum absolute atomic E-state index is 0.130. The van der Waals surface area contributed by atoms with Gasteiger partial charge in [-0.2, -0.15) is 0 Å². The number of hydrogen-bond acceptors (Lipinski definition) is 1. The first-order valence-corrected chi connectivity index (χ1v) is 8.09. The average Bonchev–Trinajstić information content (AvgIpc) is 2.79. The largest absolute Gasteiger partial charge is 0.143 e. The van der Waals surface area contributed by atoms with Crippen LogP contribution in [0.3, 0.4) is 0 Å². The molecule has 3 aromatic rings. The highest BCUT2D eigenvalue weighted by Crippen LogP contribution is 2.39. The molecule has 0 amide bonds. The molecule has 0 aliphatic carbocycles. The lowest BCUT2D eigenvalue weighted by Crippen LogP contribution is -1.92. The van der Waals surface area contributed by atoms with Gasteiger partial charge >= 0.3 is 0 Å². The Morgan fingerprint density at radius 2 is 1.70 bits per heavy atom. The van der Waals surface area contributed by atoms with E-state index in [4.69, 9.17) is 23.2 Å². The number of aryl methyl sites for hydroxylation is 2. The Bertz CT molecular complexity index is 754. The zero-order valence-electron chi connectivity index (χ0n) is 11.3. The number of alkyl halides is 1. The minimum Gasteiger partial charge on any atom is -0.143 e. The Labute approximate surface area is 133 Å². The second-order valence-corrected chi connectivity index (χ2v) is 7.06. The molecule has 0 saturated carbocycles. The maximum Gasteiger partial charge on any atom is 0.0933 e. The standard InChI is InChI=1S/C17H14Cl2S/c1-10-9-16(20-11(10)2)17(19)14-7-8-15(18)13-6-4-3-5-12(13)14/h3-9,17H,1-2H3. The molecule has 0 radical (unpaired) electrons. The first kappa shape index (κ1) is 13.9. The summed E-state index contributed by atoms with van der Waals surface area (Å²) in [5.74, 6) is 0. The van der Waals surface area contributed by atoms with Crippen LogP contribution in [0, 0.1) is 13.8 Å². The summed E-state index contributed by atoms with van der Waals surface area (Å²) in [5.41, 5.74) is 2.42. The third-order valence-corrected chi connectivity index (χ3v) is 5.76. The molecule has 20 heavy (non-hydrogen) atoms. The van der Waals surface area contributed by atoms with E-state index >= 15 is 0 Å². The maximum atomic E-state index is 6.72. The van der Waals surface area contributed by atoms with Crippen LogP contribution in [0.1, 0.15) is 26.3 Å². The second-order valence-electron chi connectivity index (χ2n) is 4.93. The van der Waals surface area contributed by atoms with Gasteiger partial charge in [0.25, 0.3) is 0 Å². The zero-order chi connectivity index (χ0) is 14.3. The van der Waals surface area contributed by atoms with E-state index in [0.29, 0.717) is 0 Å². The van der Waals surface area contributed by atoms with E-state index in [1.165, 1.54) is 15.3 Å². The van der Waals surface area contributed by atoms with Gasteiger partial charge < -0.3 is 0 Å². The van der Waals surface area contributed by atoms with E-state index < -0.39 is 0 Å². The Morgan fingerprint density at radius 1 is 1.00 bits per heavy atom. The number of hydrogen-bond donors (Lipinski definition) is 0. The molecule has 2 aromatic carbocycles. The van der Waals surface area contributed by atoms with Crippen LogP contribution < -0.4 is 0 Å². The molecule has 0 spiro atoms. The fourth-order valence-corrected chi connectivity index (χ4v) is 4.04. The van der Waals surface area contributed by atoms with E-state index in [9.17, 15) is 0 Å². The lowest BCUT2D eigenvalue weighted by Gasteiger charge is -2.12. The van der Waals surface area contributed by atoms with Crippen LogP contribution in [-0.2, 0) is 0 Å². The Hall–Kier alpha value is -1.02. The van der Waals surface area contributed by atoms with Gasteiger partial charge in [0.1, 0.15) is 0 Å². The van der Waals surface area contributed by atoms with Crippen molar-refractivity contribution in [2.24, 2.45) is 0 Å². The van der Waals surface area contributed by atoms with Crippen LogP contribution in [0.4, 0.5) is 0 Å². The molecule has 0 saturated heterocycles. The quantitative estimate of drug-likeness (QED) is 0.473. The van der Waals surface area contributed by atoms with Gasteiger partial charge in [0.15, 0.2) is 0 Å². The molecule has 0 aliphatic rings. The number of thiophene rings is 1. The van der Waals surface area contributed by atoms with Crippen molar-refractivity contribution < 1.29 is 0 Å². The molecule has 1 unspecified atom stereocenters. The van der Waals surface area contributed by atoms with Crippen molar-refractivity contribution in [3.05, 3.63) is 68.4 Å². The SMILES string of the molecule is Cc1cc(C(Cl)c2ccc(Cl)c3ccccc23)sc1C. The molecule has 3 heteroatoms. The van der Waals surface area contributed by atoms with E-state index in [0.717, 1.165) is 21.4 Å². The van der Waals surface area contributed by atoms with Crippen LogP contribution in [0.25, 0.3) is 10.8 Å². The Kier molecular flexibility index (Phi) is 3.76. The molecule has 1 atom stereocenters. The summed E-state index contributed by atoms with van der Waals surface area (Å²) in [7, 11) is 0. The molecule has 0 N–H and O–H groups in total. The molecular weight excluding hydrogens is 307 g/mol. The van der Waals surface area contributed by atoms with E-state index in [2.05, 4.69) is 26.0 Å². The minimum atomic E-state index is -0.130. The van der Waals surface area contributed by atoms with Crippen molar-refractivity contribution in [2.45, 2.75) is 19.2 Å². The topological polar surface area (TPSA) is 0 Å². The van der Waals surface area contributed by atoms with E-state index in [-0.39, 0.29) is 5.38 Å². The summed E-state index contributed by atoms with van der Waals surface area (Å²) in [4.78, 5) is 2.51. The molecule has 0 fully saturated rings. The predicted octanol–water partition coefficient (Wildman–Crippen LogP) is 6.50. The van der Waals surface area contributed by atoms with Gasteiger partial charge in [-0.1, -0.05) is 41.9 Å². The van der Waals surface area contributed by atoms with Gasteiger partial charge in [0.2, 0.25) is 0 Å². The molecule has 0 aliphatic heterocycles. The predicted molar refractivity (Wildman–Crippen MR) is 90.4 cm³/mol. The number of halogens is 2. The zero-order valence-corrected chi connectivity index (χ0v) is 13.6. The summed E-state index contributed by atoms with van der Waals surface area (Å²) >= 11 is 14.7. The van der Waals surface area contributed by atoms with Gasteiger partial charge in [-0.3, -0.25) is 0 Å². The highest BCUT2D eigenvalue weighted by atomic mass is 35.5. The van der Waals surface area contributed by atoms with Gasteiger partial charge in [-0.05, 0) is 42.5 Å². The van der Waals surface area contributed by atoms with Gasteiger partial charge in [-0.15, -0.1) is 22.9 Å². The first-order chi connectivity index (χ1) is 9.58. The maximum absolute atomic E-state index is 6.72. The number of fused-ring (bicyclic) bond motifs is 1. The van der Waals surface area contributed by atoms with Crippen molar-refractivity contribution >= 4 is 45.3 Å². The van der Waals surface area contributed by atoms with Gasteiger partial charge in [0.05, 0.1) is 5.38 Å². The third-order valence-electron chi connectivity index (χ3n) is 3.61. The molecule has 0 bridgehead atoms. The molecule has 1 heterocycles. The summed E-state index contributed by atoms with van der Waals surface area (Å²) in [6, 6.07) is 14.3. The van der Waals surface area contributed by atoms with Crippen LogP contribution in [-0.4, -0.2) is 0 Å². The Morgan fingerprint density at radius 3 is 2.35 bits per heavy atom. The lowest BCUT2D eigenvalue weighted by molar-refractivity contribution is 1.20. The second kappa shape index (κ2) is 5.40. The fraction of sp³-hybridized carbons (Fsp3) is 0.176. The number of benzene rings is 2. The molecule has 0 nitrogen and oxygen atoms in total. The van der Waals surface area contributed by atoms with Crippen LogP contribution >= 0.6 is 34.5 Å². The lowest BCUT2D eigenvalue weighted by atomic mass is 10.0. The molecule has 102 valence electrons. The normalized spacial score (nSPS) is 12.8. The first-order valence-electron chi connectivity index (χ1n) is 6.46. The Balaban J connectivity index is 2.17. The van der Waals surface area contributed by atoms with Crippen molar-refractivity contribution in [1.29, 1.82) is 0 Å². The smallest absolute Gasteiger partial charge is 0.0933 e. The fourth-order valence-electron chi connectivity index (χ4n) is 2.39. The van der Waals surface area contributed by atoms with Gasteiger partial charge in [0, 0.05) is 20.2 Å². The van der Waals surface area contributed by atoms with E-state index in [1.807, 2.05) is 30.3 Å². The highest BCUT2D eigenvalue weighted by molar-refractivity contribution is 7.12. The summed E-state index contributed by atoms with van der Waals surface area (Å²) in [5, 5.41) is 2.83. The summed E-state index contributed by atoms with van der Waals surface area (Å²) in [6.07, 6.45) is 0. The molecule has 1 aromatic heterocycles. The monoisotopic (exact) mass is 320 g/mol. The van der Waals surface area contributed by atoms with Crippen molar-refractivity contribution in [3.63, 3.8) is 0 Å². The highest BCUT2D eigenvalue weighted by Gasteiger charge is 2.17. The van der Waals surface area contributed by atoms with Crippen LogP contribution in [0.15, 0.2) is 42.5 Å². The summed E-state index contributed by atoms with van der Waals surface area (Å²) in [6.45, 7) is 4.26. The van der Waals surface area contributed by atoms with E-state index in [1.54, 1.807) is 11.3 Å². The van der Waals surface area contributed by atoms with Crippen molar-refractivity contribution in [2.75, 3.05) is 0 Å². The van der Waals surface area contributed by atoms with Crippen LogP contribution in [0.2, 0.25) is 5.02 Å². The van der Waals surface area contributed by atoms with Gasteiger partial charge in [-0.25, -0.2) is 0 Å². The van der Waals surface area contributed by atoms with Crippen molar-refractivity contribution in [3.8, 4) is 0 Å². The number of rotatable bonds is 2. The molecular formula is C17H14Cl2S. The third kappa shape index (κ3) is 2.35. The molecule has 3 rings (SSSR count).